The van der Waals surface area contributed by atoms with Gasteiger partial charge in [0, 0.05) is 29.1 Å². The van der Waals surface area contributed by atoms with Crippen LogP contribution in [-0.4, -0.2) is 20.0 Å². The Bertz CT molecular complexity index is 759. The highest BCUT2D eigenvalue weighted by Crippen LogP contribution is 2.26. The minimum Gasteiger partial charge on any atom is -0.352 e. The third-order valence-corrected chi connectivity index (χ3v) is 5.24. The summed E-state index contributed by atoms with van der Waals surface area (Å²) in [5, 5.41) is 3.37. The Morgan fingerprint density at radius 1 is 1.33 bits per heavy atom. The van der Waals surface area contributed by atoms with E-state index in [-0.39, 0.29) is 4.90 Å². The molecule has 0 saturated heterocycles. The van der Waals surface area contributed by atoms with E-state index in [2.05, 4.69) is 32.6 Å². The Balaban J connectivity index is 2.32. The summed E-state index contributed by atoms with van der Waals surface area (Å²) in [6.45, 7) is 0.594. The van der Waals surface area contributed by atoms with Gasteiger partial charge in [0.1, 0.15) is 4.90 Å². The van der Waals surface area contributed by atoms with Crippen molar-refractivity contribution in [2.45, 2.75) is 11.4 Å². The summed E-state index contributed by atoms with van der Waals surface area (Å²) < 4.78 is 30.0. The molecule has 2 N–H and O–H groups in total. The lowest BCUT2D eigenvalue weighted by Gasteiger charge is -2.08. The highest BCUT2D eigenvalue weighted by Gasteiger charge is 2.18. The van der Waals surface area contributed by atoms with E-state index in [0.717, 1.165) is 9.26 Å². The van der Waals surface area contributed by atoms with Gasteiger partial charge in [-0.25, -0.2) is 8.42 Å². The van der Waals surface area contributed by atoms with Crippen molar-refractivity contribution in [2.24, 2.45) is 7.05 Å². The van der Waals surface area contributed by atoms with Crippen molar-refractivity contribution < 1.29 is 8.42 Å². The highest BCUT2D eigenvalue weighted by atomic mass is 127. The molecule has 0 spiro atoms. The zero-order valence-electron chi connectivity index (χ0n) is 11.5. The zero-order valence-corrected chi connectivity index (χ0v) is 15.3. The quantitative estimate of drug-likeness (QED) is 0.704. The number of nitrogens with zero attached hydrogens (tertiary/aromatic N) is 1. The maximum atomic E-state index is 12.4. The number of hydrogen-bond acceptors (Lipinski definition) is 3. The Labute approximate surface area is 142 Å². The summed E-state index contributed by atoms with van der Waals surface area (Å²) in [4.78, 5) is 0.213. The SMILES string of the molecule is CNCc1cc(S(=O)(=O)Nc2ccc(I)cc2Cl)cn1C. The first-order valence-corrected chi connectivity index (χ1v) is 9.05. The van der Waals surface area contributed by atoms with E-state index in [1.54, 1.807) is 35.0 Å². The molecule has 0 aliphatic carbocycles. The van der Waals surface area contributed by atoms with Crippen LogP contribution in [0.3, 0.4) is 0 Å². The van der Waals surface area contributed by atoms with Gasteiger partial charge in [-0.15, -0.1) is 0 Å². The molecule has 1 aromatic heterocycles. The molecule has 0 aliphatic rings. The fourth-order valence-electron chi connectivity index (χ4n) is 1.86. The van der Waals surface area contributed by atoms with Crippen molar-refractivity contribution in [1.82, 2.24) is 9.88 Å². The van der Waals surface area contributed by atoms with Crippen molar-refractivity contribution in [2.75, 3.05) is 11.8 Å². The van der Waals surface area contributed by atoms with Crippen LogP contribution in [0.25, 0.3) is 0 Å². The molecular formula is C13H15ClIN3O2S. The molecule has 21 heavy (non-hydrogen) atoms. The zero-order chi connectivity index (χ0) is 15.6. The van der Waals surface area contributed by atoms with E-state index < -0.39 is 10.0 Å². The molecular weight excluding hydrogens is 425 g/mol. The lowest BCUT2D eigenvalue weighted by molar-refractivity contribution is 0.601. The molecule has 0 fully saturated rings. The van der Waals surface area contributed by atoms with Crippen LogP contribution in [-0.2, 0) is 23.6 Å². The summed E-state index contributed by atoms with van der Waals surface area (Å²) in [7, 11) is -0.0348. The summed E-state index contributed by atoms with van der Waals surface area (Å²) >= 11 is 8.18. The highest BCUT2D eigenvalue weighted by molar-refractivity contribution is 14.1. The van der Waals surface area contributed by atoms with Crippen LogP contribution in [0.4, 0.5) is 5.69 Å². The van der Waals surface area contributed by atoms with Crippen molar-refractivity contribution in [1.29, 1.82) is 0 Å². The Morgan fingerprint density at radius 3 is 2.67 bits per heavy atom. The standard InChI is InChI=1S/C13H15ClIN3O2S/c1-16-7-10-6-11(8-18(10)2)21(19,20)17-13-4-3-9(15)5-12(13)14/h3-6,8,16-17H,7H2,1-2H3. The number of rotatable bonds is 5. The van der Waals surface area contributed by atoms with Crippen LogP contribution >= 0.6 is 34.2 Å². The van der Waals surface area contributed by atoms with Gasteiger partial charge in [-0.1, -0.05) is 11.6 Å². The molecule has 2 rings (SSSR count). The lowest BCUT2D eigenvalue weighted by atomic mass is 10.3. The van der Waals surface area contributed by atoms with E-state index in [1.165, 1.54) is 0 Å². The minimum absolute atomic E-state index is 0.213. The Hall–Kier alpha value is -0.770. The number of aromatic nitrogens is 1. The molecule has 0 amide bonds. The molecule has 2 aromatic rings. The second-order valence-corrected chi connectivity index (χ2v) is 7.87. The van der Waals surface area contributed by atoms with Gasteiger partial charge in [-0.3, -0.25) is 4.72 Å². The van der Waals surface area contributed by atoms with Gasteiger partial charge in [0.25, 0.3) is 10.0 Å². The predicted molar refractivity (Wildman–Crippen MR) is 93.2 cm³/mol. The number of anilines is 1. The average Bonchev–Trinajstić information content (AvgIpc) is 2.76. The first kappa shape index (κ1) is 16.6. The fraction of sp³-hybridized carbons (Fsp3) is 0.231. The molecule has 0 saturated carbocycles. The third-order valence-electron chi connectivity index (χ3n) is 2.93. The van der Waals surface area contributed by atoms with Crippen LogP contribution in [0.5, 0.6) is 0 Å². The monoisotopic (exact) mass is 439 g/mol. The largest absolute Gasteiger partial charge is 0.352 e. The maximum Gasteiger partial charge on any atom is 0.263 e. The molecule has 0 radical (unpaired) electrons. The van der Waals surface area contributed by atoms with E-state index >= 15 is 0 Å². The average molecular weight is 440 g/mol. The number of halogens is 2. The molecule has 0 bridgehead atoms. The molecule has 0 aliphatic heterocycles. The van der Waals surface area contributed by atoms with Crippen LogP contribution < -0.4 is 10.0 Å². The lowest BCUT2D eigenvalue weighted by Crippen LogP contribution is -2.12. The first-order valence-electron chi connectivity index (χ1n) is 6.11. The van der Waals surface area contributed by atoms with Crippen molar-refractivity contribution >= 4 is 49.9 Å². The number of aryl methyl sites for hydroxylation is 1. The normalized spacial score (nSPS) is 11.6. The fourth-order valence-corrected chi connectivity index (χ4v) is 3.99. The summed E-state index contributed by atoms with van der Waals surface area (Å²) in [5.41, 5.74) is 1.25. The smallest absolute Gasteiger partial charge is 0.263 e. The Morgan fingerprint density at radius 2 is 2.05 bits per heavy atom. The molecule has 5 nitrogen and oxygen atoms in total. The van der Waals surface area contributed by atoms with Gasteiger partial charge >= 0.3 is 0 Å². The van der Waals surface area contributed by atoms with Gasteiger partial charge in [-0.2, -0.15) is 0 Å². The topological polar surface area (TPSA) is 63.1 Å². The second-order valence-electron chi connectivity index (χ2n) is 4.54. The van der Waals surface area contributed by atoms with Crippen LogP contribution in [0.1, 0.15) is 5.69 Å². The van der Waals surface area contributed by atoms with E-state index in [0.29, 0.717) is 17.3 Å². The molecule has 114 valence electrons. The van der Waals surface area contributed by atoms with Crippen LogP contribution in [0.15, 0.2) is 35.4 Å². The van der Waals surface area contributed by atoms with Crippen molar-refractivity contribution in [3.05, 3.63) is 44.7 Å². The van der Waals surface area contributed by atoms with E-state index in [9.17, 15) is 8.42 Å². The summed E-state index contributed by atoms with van der Waals surface area (Å²) in [6.07, 6.45) is 1.58. The molecule has 0 unspecified atom stereocenters. The number of benzene rings is 1. The number of hydrogen-bond donors (Lipinski definition) is 2. The molecule has 1 heterocycles. The third kappa shape index (κ3) is 3.91. The number of nitrogens with one attached hydrogen (secondary N) is 2. The second kappa shape index (κ2) is 6.55. The van der Waals surface area contributed by atoms with Gasteiger partial charge in [0.2, 0.25) is 0 Å². The predicted octanol–water partition coefficient (Wildman–Crippen LogP) is 2.80. The van der Waals surface area contributed by atoms with E-state index in [1.807, 2.05) is 14.1 Å². The van der Waals surface area contributed by atoms with Gasteiger partial charge in [-0.05, 0) is 53.9 Å². The van der Waals surface area contributed by atoms with Gasteiger partial charge in [0.15, 0.2) is 0 Å². The maximum absolute atomic E-state index is 12.4. The van der Waals surface area contributed by atoms with Gasteiger partial charge < -0.3 is 9.88 Å². The van der Waals surface area contributed by atoms with Crippen LogP contribution in [0, 0.1) is 3.57 Å². The van der Waals surface area contributed by atoms with E-state index in [4.69, 9.17) is 11.6 Å². The van der Waals surface area contributed by atoms with Gasteiger partial charge in [0.05, 0.1) is 10.7 Å². The summed E-state index contributed by atoms with van der Waals surface area (Å²) in [5.74, 6) is 0. The minimum atomic E-state index is -3.65. The first-order chi connectivity index (χ1) is 9.83. The molecule has 0 atom stereocenters. The number of sulfonamides is 1. The summed E-state index contributed by atoms with van der Waals surface area (Å²) in [6, 6.07) is 6.79. The molecule has 8 heteroatoms. The molecule has 1 aromatic carbocycles. The van der Waals surface area contributed by atoms with Crippen molar-refractivity contribution in [3.8, 4) is 0 Å². The van der Waals surface area contributed by atoms with Crippen LogP contribution in [0.2, 0.25) is 5.02 Å². The Kier molecular flexibility index (Phi) is 5.18. The van der Waals surface area contributed by atoms with Crippen molar-refractivity contribution in [3.63, 3.8) is 0 Å².